The number of ether oxygens (including phenoxy) is 1. The Balaban J connectivity index is 2.62. The number of rotatable bonds is 1. The van der Waals surface area contributed by atoms with E-state index < -0.39 is 0 Å². The quantitative estimate of drug-likeness (QED) is 0.733. The summed E-state index contributed by atoms with van der Waals surface area (Å²) in [6.45, 7) is 6.45. The zero-order chi connectivity index (χ0) is 11.4. The molecule has 2 rings (SSSR count). The van der Waals surface area contributed by atoms with Gasteiger partial charge in [0, 0.05) is 11.3 Å². The lowest BCUT2D eigenvalue weighted by Gasteiger charge is -2.44. The number of carbonyl (C=O) groups is 1. The zero-order valence-electron chi connectivity index (χ0n) is 9.69. The van der Waals surface area contributed by atoms with Crippen LogP contribution in [0.5, 0.6) is 0 Å². The van der Waals surface area contributed by atoms with Gasteiger partial charge in [-0.05, 0) is 34.2 Å². The molecule has 0 aromatic rings. The number of halogens is 1. The summed E-state index contributed by atoms with van der Waals surface area (Å²) >= 11 is 3.39. The minimum atomic E-state index is -0.224. The molecule has 2 atom stereocenters. The Morgan fingerprint density at radius 2 is 2.00 bits per heavy atom. The van der Waals surface area contributed by atoms with Gasteiger partial charge in [-0.1, -0.05) is 20.8 Å². The Bertz CT molecular complexity index is 357. The van der Waals surface area contributed by atoms with E-state index >= 15 is 0 Å². The molecule has 0 amide bonds. The molecule has 84 valence electrons. The lowest BCUT2D eigenvalue weighted by molar-refractivity contribution is -0.130. The van der Waals surface area contributed by atoms with Gasteiger partial charge in [-0.2, -0.15) is 0 Å². The minimum Gasteiger partial charge on any atom is -0.499 e. The van der Waals surface area contributed by atoms with Crippen LogP contribution in [0.15, 0.2) is 10.2 Å². The zero-order valence-corrected chi connectivity index (χ0v) is 11.3. The highest BCUT2D eigenvalue weighted by Gasteiger charge is 2.61. The van der Waals surface area contributed by atoms with Crippen molar-refractivity contribution in [1.29, 1.82) is 0 Å². The van der Waals surface area contributed by atoms with E-state index in [-0.39, 0.29) is 16.6 Å². The highest BCUT2D eigenvalue weighted by atomic mass is 79.9. The summed E-state index contributed by atoms with van der Waals surface area (Å²) in [4.78, 5) is 12.3. The number of ketones is 1. The van der Waals surface area contributed by atoms with Gasteiger partial charge in [0.05, 0.1) is 11.6 Å². The maximum atomic E-state index is 12.3. The largest absolute Gasteiger partial charge is 0.499 e. The monoisotopic (exact) mass is 272 g/mol. The van der Waals surface area contributed by atoms with E-state index in [0.29, 0.717) is 10.4 Å². The number of carbonyl (C=O) groups excluding carboxylic acids is 1. The fourth-order valence-corrected chi connectivity index (χ4v) is 3.98. The van der Waals surface area contributed by atoms with Crippen LogP contribution in [0.4, 0.5) is 0 Å². The van der Waals surface area contributed by atoms with E-state index in [1.165, 1.54) is 0 Å². The summed E-state index contributed by atoms with van der Waals surface area (Å²) in [6, 6.07) is 0. The first-order valence-corrected chi connectivity index (χ1v) is 6.14. The third-order valence-electron chi connectivity index (χ3n) is 4.68. The van der Waals surface area contributed by atoms with Crippen LogP contribution in [-0.4, -0.2) is 12.9 Å². The van der Waals surface area contributed by atoms with Crippen LogP contribution in [0.3, 0.4) is 0 Å². The van der Waals surface area contributed by atoms with E-state index in [9.17, 15) is 4.79 Å². The highest BCUT2D eigenvalue weighted by molar-refractivity contribution is 9.12. The summed E-state index contributed by atoms with van der Waals surface area (Å²) in [5.41, 5.74) is -0.217. The Kier molecular flexibility index (Phi) is 2.31. The molecule has 15 heavy (non-hydrogen) atoms. The third-order valence-corrected chi connectivity index (χ3v) is 5.43. The van der Waals surface area contributed by atoms with Crippen LogP contribution < -0.4 is 0 Å². The normalized spacial score (nSPS) is 38.5. The Labute approximate surface area is 99.2 Å². The van der Waals surface area contributed by atoms with Gasteiger partial charge >= 0.3 is 0 Å². The average molecular weight is 273 g/mol. The van der Waals surface area contributed by atoms with Gasteiger partial charge in [0.1, 0.15) is 5.76 Å². The highest BCUT2D eigenvalue weighted by Crippen LogP contribution is 2.63. The van der Waals surface area contributed by atoms with Crippen LogP contribution in [0.2, 0.25) is 0 Å². The van der Waals surface area contributed by atoms with Crippen molar-refractivity contribution in [3.8, 4) is 0 Å². The van der Waals surface area contributed by atoms with Gasteiger partial charge in [-0.25, -0.2) is 0 Å². The minimum absolute atomic E-state index is 0.00664. The molecule has 2 aliphatic carbocycles. The second-order valence-corrected chi connectivity index (χ2v) is 6.15. The third kappa shape index (κ3) is 1.13. The second kappa shape index (κ2) is 3.09. The molecule has 0 unspecified atom stereocenters. The van der Waals surface area contributed by atoms with Crippen molar-refractivity contribution in [1.82, 2.24) is 0 Å². The first kappa shape index (κ1) is 11.2. The lowest BCUT2D eigenvalue weighted by Crippen LogP contribution is -2.45. The molecule has 2 nitrogen and oxygen atoms in total. The second-order valence-electron chi connectivity index (χ2n) is 5.36. The molecule has 0 saturated heterocycles. The van der Waals surface area contributed by atoms with E-state index in [1.807, 2.05) is 0 Å². The van der Waals surface area contributed by atoms with Crippen molar-refractivity contribution in [2.75, 3.05) is 7.11 Å². The molecular formula is C12H17BrO2. The summed E-state index contributed by atoms with van der Waals surface area (Å²) in [5.74, 6) is 1.43. The molecule has 2 aliphatic rings. The van der Waals surface area contributed by atoms with Crippen LogP contribution >= 0.6 is 15.9 Å². The van der Waals surface area contributed by atoms with Crippen molar-refractivity contribution in [3.05, 3.63) is 10.2 Å². The molecule has 0 aromatic carbocycles. The summed E-state index contributed by atoms with van der Waals surface area (Å²) in [5, 5.41) is 0. The predicted molar refractivity (Wildman–Crippen MR) is 62.6 cm³/mol. The van der Waals surface area contributed by atoms with Crippen LogP contribution in [0.25, 0.3) is 0 Å². The van der Waals surface area contributed by atoms with E-state index in [1.54, 1.807) is 7.11 Å². The number of hydrogen-bond acceptors (Lipinski definition) is 2. The molecule has 0 aliphatic heterocycles. The first-order valence-electron chi connectivity index (χ1n) is 5.34. The molecule has 1 saturated carbocycles. The number of hydrogen-bond donors (Lipinski definition) is 0. The number of methoxy groups -OCH3 is 1. The van der Waals surface area contributed by atoms with Crippen molar-refractivity contribution < 1.29 is 9.53 Å². The molecule has 2 bridgehead atoms. The SMILES string of the molecule is COC1=C(Br)C(=O)[C@@]2(C)CC[C@H]1C2(C)C. The van der Waals surface area contributed by atoms with Gasteiger partial charge < -0.3 is 4.74 Å². The summed E-state index contributed by atoms with van der Waals surface area (Å²) < 4.78 is 6.06. The standard InChI is InChI=1S/C12H17BrO2/c1-11(2)7-5-6-12(11,3)10(14)8(13)9(7)15-4/h7H,5-6H2,1-4H3/t7-,12-/m1/s1. The maximum absolute atomic E-state index is 12.3. The average Bonchev–Trinajstić information content (AvgIpc) is 2.35. The summed E-state index contributed by atoms with van der Waals surface area (Å²) in [7, 11) is 1.65. The van der Waals surface area contributed by atoms with E-state index in [4.69, 9.17) is 4.74 Å². The molecule has 0 spiro atoms. The van der Waals surface area contributed by atoms with Crippen LogP contribution in [0, 0.1) is 16.7 Å². The topological polar surface area (TPSA) is 26.3 Å². The van der Waals surface area contributed by atoms with Crippen molar-refractivity contribution >= 4 is 21.7 Å². The molecule has 1 fully saturated rings. The smallest absolute Gasteiger partial charge is 0.179 e. The van der Waals surface area contributed by atoms with Gasteiger partial charge in [0.2, 0.25) is 0 Å². The van der Waals surface area contributed by atoms with Gasteiger partial charge in [0.15, 0.2) is 5.78 Å². The van der Waals surface area contributed by atoms with E-state index in [2.05, 4.69) is 36.7 Å². The fourth-order valence-electron chi connectivity index (χ4n) is 3.10. The Morgan fingerprint density at radius 1 is 1.40 bits per heavy atom. The maximum Gasteiger partial charge on any atom is 0.179 e. The van der Waals surface area contributed by atoms with Gasteiger partial charge in [0.25, 0.3) is 0 Å². The molecule has 0 N–H and O–H groups in total. The molecule has 0 heterocycles. The lowest BCUT2D eigenvalue weighted by atomic mass is 9.60. The molecule has 0 radical (unpaired) electrons. The number of Topliss-reactive ketones (excluding diaryl/α,β-unsaturated/α-hetero) is 1. The molecular weight excluding hydrogens is 256 g/mol. The molecule has 3 heteroatoms. The Morgan fingerprint density at radius 3 is 2.53 bits per heavy atom. The Hall–Kier alpha value is -0.310. The first-order chi connectivity index (χ1) is 6.86. The predicted octanol–water partition coefficient (Wildman–Crippen LogP) is 3.26. The van der Waals surface area contributed by atoms with Crippen molar-refractivity contribution in [2.45, 2.75) is 33.6 Å². The van der Waals surface area contributed by atoms with Crippen molar-refractivity contribution in [2.24, 2.45) is 16.7 Å². The number of fused-ring (bicyclic) bond motifs is 2. The molecule has 0 aromatic heterocycles. The van der Waals surface area contributed by atoms with Gasteiger partial charge in [-0.15, -0.1) is 0 Å². The van der Waals surface area contributed by atoms with Gasteiger partial charge in [-0.3, -0.25) is 4.79 Å². The van der Waals surface area contributed by atoms with Crippen LogP contribution in [0.1, 0.15) is 33.6 Å². The summed E-state index contributed by atoms with van der Waals surface area (Å²) in [6.07, 6.45) is 2.01. The fraction of sp³-hybridized carbons (Fsp3) is 0.750. The van der Waals surface area contributed by atoms with E-state index in [0.717, 1.165) is 18.6 Å². The number of allylic oxidation sites excluding steroid dienone is 2. The van der Waals surface area contributed by atoms with Crippen LogP contribution in [-0.2, 0) is 9.53 Å². The van der Waals surface area contributed by atoms with Crippen molar-refractivity contribution in [3.63, 3.8) is 0 Å².